The third-order valence-electron chi connectivity index (χ3n) is 1.66. The van der Waals surface area contributed by atoms with Gasteiger partial charge in [0.15, 0.2) is 0 Å². The van der Waals surface area contributed by atoms with Crippen LogP contribution in [0.4, 0.5) is 0 Å². The summed E-state index contributed by atoms with van der Waals surface area (Å²) in [5.74, 6) is 0. The van der Waals surface area contributed by atoms with E-state index in [1.807, 2.05) is 0 Å². The summed E-state index contributed by atoms with van der Waals surface area (Å²) >= 11 is 0. The van der Waals surface area contributed by atoms with Crippen molar-refractivity contribution >= 4 is 0 Å². The van der Waals surface area contributed by atoms with E-state index in [0.29, 0.717) is 6.61 Å². The maximum atomic E-state index is 5.28. The smallest absolute Gasteiger partial charge is 0.0681 e. The fourth-order valence-electron chi connectivity index (χ4n) is 1.14. The molecular weight excluding hydrogens is 124 g/mol. The van der Waals surface area contributed by atoms with E-state index in [2.05, 4.69) is 12.7 Å². The summed E-state index contributed by atoms with van der Waals surface area (Å²) in [4.78, 5) is 0. The third kappa shape index (κ3) is 2.36. The SMILES string of the molecule is C=CCOCC1=CCCC1. The van der Waals surface area contributed by atoms with Gasteiger partial charge in [0.2, 0.25) is 0 Å². The number of allylic oxidation sites excluding steroid dienone is 1. The van der Waals surface area contributed by atoms with Crippen molar-refractivity contribution in [3.8, 4) is 0 Å². The Labute approximate surface area is 62.4 Å². The van der Waals surface area contributed by atoms with Gasteiger partial charge >= 0.3 is 0 Å². The van der Waals surface area contributed by atoms with Crippen LogP contribution in [-0.2, 0) is 4.74 Å². The first-order chi connectivity index (χ1) is 4.93. The lowest BCUT2D eigenvalue weighted by atomic mass is 10.2. The van der Waals surface area contributed by atoms with Crippen LogP contribution in [0.1, 0.15) is 19.3 Å². The molecule has 0 atom stereocenters. The fraction of sp³-hybridized carbons (Fsp3) is 0.556. The highest BCUT2D eigenvalue weighted by Gasteiger charge is 2.02. The average Bonchev–Trinajstić information content (AvgIpc) is 2.41. The number of ether oxygens (including phenoxy) is 1. The zero-order valence-electron chi connectivity index (χ0n) is 6.31. The summed E-state index contributed by atoms with van der Waals surface area (Å²) in [6.45, 7) is 5.07. The van der Waals surface area contributed by atoms with E-state index in [1.54, 1.807) is 6.08 Å². The molecule has 0 fully saturated rings. The second-order valence-electron chi connectivity index (χ2n) is 2.56. The first kappa shape index (κ1) is 7.55. The number of rotatable bonds is 4. The Morgan fingerprint density at radius 2 is 2.60 bits per heavy atom. The van der Waals surface area contributed by atoms with E-state index < -0.39 is 0 Å². The van der Waals surface area contributed by atoms with E-state index in [9.17, 15) is 0 Å². The molecule has 0 saturated carbocycles. The van der Waals surface area contributed by atoms with Gasteiger partial charge in [-0.15, -0.1) is 6.58 Å². The molecule has 0 saturated heterocycles. The summed E-state index contributed by atoms with van der Waals surface area (Å²) in [5, 5.41) is 0. The molecule has 1 aliphatic carbocycles. The van der Waals surface area contributed by atoms with Gasteiger partial charge in [0.1, 0.15) is 0 Å². The molecule has 0 unspecified atom stereocenters. The minimum Gasteiger partial charge on any atom is -0.373 e. The van der Waals surface area contributed by atoms with Gasteiger partial charge in [-0.3, -0.25) is 0 Å². The second-order valence-corrected chi connectivity index (χ2v) is 2.56. The quantitative estimate of drug-likeness (QED) is 0.428. The second kappa shape index (κ2) is 4.29. The molecule has 0 aromatic heterocycles. The highest BCUT2D eigenvalue weighted by atomic mass is 16.5. The van der Waals surface area contributed by atoms with Crippen LogP contribution in [0.3, 0.4) is 0 Å². The molecule has 1 heteroatoms. The Morgan fingerprint density at radius 3 is 3.20 bits per heavy atom. The highest BCUT2D eigenvalue weighted by molar-refractivity contribution is 5.07. The van der Waals surface area contributed by atoms with Crippen molar-refractivity contribution < 1.29 is 4.74 Å². The normalized spacial score (nSPS) is 17.0. The first-order valence-electron chi connectivity index (χ1n) is 3.80. The monoisotopic (exact) mass is 138 g/mol. The molecule has 56 valence electrons. The molecule has 10 heavy (non-hydrogen) atoms. The fourth-order valence-corrected chi connectivity index (χ4v) is 1.14. The maximum absolute atomic E-state index is 5.28. The standard InChI is InChI=1S/C9H14O/c1-2-7-10-8-9-5-3-4-6-9/h2,5H,1,3-4,6-8H2. The van der Waals surface area contributed by atoms with E-state index in [0.717, 1.165) is 6.61 Å². The predicted molar refractivity (Wildman–Crippen MR) is 43.0 cm³/mol. The molecule has 0 spiro atoms. The summed E-state index contributed by atoms with van der Waals surface area (Å²) in [6.07, 6.45) is 7.86. The zero-order chi connectivity index (χ0) is 7.23. The van der Waals surface area contributed by atoms with E-state index in [1.165, 1.54) is 24.8 Å². The van der Waals surface area contributed by atoms with Gasteiger partial charge in [-0.2, -0.15) is 0 Å². The van der Waals surface area contributed by atoms with Crippen LogP contribution < -0.4 is 0 Å². The molecule has 1 aliphatic rings. The summed E-state index contributed by atoms with van der Waals surface area (Å²) in [7, 11) is 0. The lowest BCUT2D eigenvalue weighted by molar-refractivity contribution is 0.185. The summed E-state index contributed by atoms with van der Waals surface area (Å²) in [6, 6.07) is 0. The largest absolute Gasteiger partial charge is 0.373 e. The number of hydrogen-bond donors (Lipinski definition) is 0. The number of hydrogen-bond acceptors (Lipinski definition) is 1. The van der Waals surface area contributed by atoms with Gasteiger partial charge in [0.25, 0.3) is 0 Å². The molecule has 0 amide bonds. The van der Waals surface area contributed by atoms with Crippen LogP contribution >= 0.6 is 0 Å². The Morgan fingerprint density at radius 1 is 1.70 bits per heavy atom. The molecule has 1 rings (SSSR count). The van der Waals surface area contributed by atoms with Crippen LogP contribution in [0, 0.1) is 0 Å². The van der Waals surface area contributed by atoms with E-state index in [4.69, 9.17) is 4.74 Å². The molecule has 0 N–H and O–H groups in total. The van der Waals surface area contributed by atoms with Crippen LogP contribution in [0.25, 0.3) is 0 Å². The molecule has 0 heterocycles. The molecule has 0 aromatic rings. The van der Waals surface area contributed by atoms with Crippen molar-refractivity contribution in [3.63, 3.8) is 0 Å². The topological polar surface area (TPSA) is 9.23 Å². The van der Waals surface area contributed by atoms with Crippen LogP contribution in [0.15, 0.2) is 24.3 Å². The molecule has 0 aliphatic heterocycles. The minimum absolute atomic E-state index is 0.678. The Bertz CT molecular complexity index is 136. The van der Waals surface area contributed by atoms with E-state index in [-0.39, 0.29) is 0 Å². The van der Waals surface area contributed by atoms with Gasteiger partial charge in [0.05, 0.1) is 13.2 Å². The van der Waals surface area contributed by atoms with Crippen molar-refractivity contribution in [3.05, 3.63) is 24.3 Å². The third-order valence-corrected chi connectivity index (χ3v) is 1.66. The Balaban J connectivity index is 2.06. The predicted octanol–water partition coefficient (Wildman–Crippen LogP) is 2.30. The molecule has 0 radical (unpaired) electrons. The maximum Gasteiger partial charge on any atom is 0.0681 e. The molecule has 0 bridgehead atoms. The van der Waals surface area contributed by atoms with Crippen molar-refractivity contribution in [1.29, 1.82) is 0 Å². The first-order valence-corrected chi connectivity index (χ1v) is 3.80. The van der Waals surface area contributed by atoms with Crippen LogP contribution in [0.5, 0.6) is 0 Å². The Hall–Kier alpha value is -0.560. The van der Waals surface area contributed by atoms with Gasteiger partial charge in [0, 0.05) is 0 Å². The summed E-state index contributed by atoms with van der Waals surface area (Å²) in [5.41, 5.74) is 1.46. The zero-order valence-corrected chi connectivity index (χ0v) is 6.31. The lowest BCUT2D eigenvalue weighted by Crippen LogP contribution is -1.95. The van der Waals surface area contributed by atoms with Crippen LogP contribution in [-0.4, -0.2) is 13.2 Å². The van der Waals surface area contributed by atoms with Crippen LogP contribution in [0.2, 0.25) is 0 Å². The van der Waals surface area contributed by atoms with Gasteiger partial charge < -0.3 is 4.74 Å². The van der Waals surface area contributed by atoms with Crippen molar-refractivity contribution in [2.75, 3.05) is 13.2 Å². The van der Waals surface area contributed by atoms with Crippen molar-refractivity contribution in [2.45, 2.75) is 19.3 Å². The summed E-state index contributed by atoms with van der Waals surface area (Å²) < 4.78 is 5.28. The lowest BCUT2D eigenvalue weighted by Gasteiger charge is -2.00. The minimum atomic E-state index is 0.678. The van der Waals surface area contributed by atoms with Crippen molar-refractivity contribution in [2.24, 2.45) is 0 Å². The molecule has 0 aromatic carbocycles. The Kier molecular flexibility index (Phi) is 3.23. The van der Waals surface area contributed by atoms with Gasteiger partial charge in [-0.25, -0.2) is 0 Å². The van der Waals surface area contributed by atoms with Gasteiger partial charge in [-0.1, -0.05) is 12.2 Å². The van der Waals surface area contributed by atoms with E-state index >= 15 is 0 Å². The average molecular weight is 138 g/mol. The van der Waals surface area contributed by atoms with Crippen molar-refractivity contribution in [1.82, 2.24) is 0 Å². The van der Waals surface area contributed by atoms with Gasteiger partial charge in [-0.05, 0) is 24.8 Å². The highest BCUT2D eigenvalue weighted by Crippen LogP contribution is 2.17. The molecule has 1 nitrogen and oxygen atoms in total. The molecular formula is C9H14O.